The topological polar surface area (TPSA) is 12.5 Å². The van der Waals surface area contributed by atoms with Gasteiger partial charge in [-0.15, -0.1) is 0 Å². The number of unbranched alkanes of at least 4 members (excludes halogenated alkanes) is 2. The van der Waals surface area contributed by atoms with Crippen LogP contribution in [0.15, 0.2) is 0 Å². The largest absolute Gasteiger partial charge is 0.379 e. The normalized spacial score (nSPS) is 30.5. The molecule has 0 unspecified atom stereocenters. The van der Waals surface area contributed by atoms with E-state index in [9.17, 15) is 0 Å². The first-order chi connectivity index (χ1) is 8.84. The molecule has 0 N–H and O–H groups in total. The van der Waals surface area contributed by atoms with Crippen molar-refractivity contribution in [3.63, 3.8) is 0 Å². The van der Waals surface area contributed by atoms with Crippen LogP contribution in [0.1, 0.15) is 58.3 Å². The third-order valence-corrected chi connectivity index (χ3v) is 4.83. The minimum atomic E-state index is 0.945. The first-order valence-electron chi connectivity index (χ1n) is 8.14. The minimum absolute atomic E-state index is 0.945. The average Bonchev–Trinajstić information content (AvgIpc) is 2.42. The zero-order chi connectivity index (χ0) is 12.6. The average molecular weight is 253 g/mol. The van der Waals surface area contributed by atoms with Gasteiger partial charge in [-0.3, -0.25) is 4.90 Å². The maximum Gasteiger partial charge on any atom is 0.0594 e. The Labute approximate surface area is 113 Å². The fraction of sp³-hybridized carbons (Fsp3) is 1.00. The van der Waals surface area contributed by atoms with Crippen LogP contribution in [-0.2, 0) is 4.74 Å². The van der Waals surface area contributed by atoms with Gasteiger partial charge in [0.25, 0.3) is 0 Å². The molecule has 2 nitrogen and oxygen atoms in total. The van der Waals surface area contributed by atoms with Crippen molar-refractivity contribution in [3.8, 4) is 0 Å². The van der Waals surface area contributed by atoms with Crippen molar-refractivity contribution in [1.29, 1.82) is 0 Å². The summed E-state index contributed by atoms with van der Waals surface area (Å²) < 4.78 is 5.37. The van der Waals surface area contributed by atoms with Crippen LogP contribution in [0.25, 0.3) is 0 Å². The van der Waals surface area contributed by atoms with Gasteiger partial charge in [0.05, 0.1) is 13.2 Å². The molecule has 1 aliphatic heterocycles. The molecule has 0 spiro atoms. The lowest BCUT2D eigenvalue weighted by Gasteiger charge is -2.27. The van der Waals surface area contributed by atoms with Gasteiger partial charge in [0.15, 0.2) is 0 Å². The Morgan fingerprint density at radius 2 is 1.67 bits per heavy atom. The van der Waals surface area contributed by atoms with Gasteiger partial charge in [0, 0.05) is 13.1 Å². The first-order valence-corrected chi connectivity index (χ1v) is 8.14. The van der Waals surface area contributed by atoms with Gasteiger partial charge in [-0.25, -0.2) is 0 Å². The van der Waals surface area contributed by atoms with Crippen molar-refractivity contribution in [3.05, 3.63) is 0 Å². The lowest BCUT2D eigenvalue weighted by atomic mass is 9.80. The van der Waals surface area contributed by atoms with Crippen LogP contribution >= 0.6 is 0 Å². The Morgan fingerprint density at radius 3 is 2.39 bits per heavy atom. The number of ether oxygens (including phenoxy) is 1. The molecule has 0 aromatic carbocycles. The maximum absolute atomic E-state index is 5.37. The third-order valence-electron chi connectivity index (χ3n) is 4.83. The number of nitrogens with zero attached hydrogens (tertiary/aromatic N) is 1. The highest BCUT2D eigenvalue weighted by Gasteiger charge is 2.17. The second-order valence-corrected chi connectivity index (χ2v) is 6.43. The Hall–Kier alpha value is -0.0800. The van der Waals surface area contributed by atoms with Crippen LogP contribution in [-0.4, -0.2) is 37.7 Å². The molecule has 0 aromatic heterocycles. The predicted octanol–water partition coefficient (Wildman–Crippen LogP) is 3.71. The van der Waals surface area contributed by atoms with E-state index in [-0.39, 0.29) is 0 Å². The van der Waals surface area contributed by atoms with Gasteiger partial charge < -0.3 is 4.74 Å². The standard InChI is InChI=1S/C16H31NO/c1-15-6-8-16(9-7-15)5-3-2-4-10-17-11-13-18-14-12-17/h15-16H,2-14H2,1H3. The maximum atomic E-state index is 5.37. The van der Waals surface area contributed by atoms with Crippen LogP contribution in [0.2, 0.25) is 0 Å². The predicted molar refractivity (Wildman–Crippen MR) is 76.8 cm³/mol. The molecule has 1 heterocycles. The van der Waals surface area contributed by atoms with Crippen molar-refractivity contribution in [1.82, 2.24) is 4.90 Å². The van der Waals surface area contributed by atoms with Crippen molar-refractivity contribution in [2.75, 3.05) is 32.8 Å². The lowest BCUT2D eigenvalue weighted by Crippen LogP contribution is -2.36. The van der Waals surface area contributed by atoms with Crippen LogP contribution in [0.5, 0.6) is 0 Å². The lowest BCUT2D eigenvalue weighted by molar-refractivity contribution is 0.0371. The summed E-state index contributed by atoms with van der Waals surface area (Å²) in [6.07, 6.45) is 11.8. The molecule has 0 atom stereocenters. The number of morpholine rings is 1. The molecule has 1 saturated carbocycles. The van der Waals surface area contributed by atoms with Gasteiger partial charge in [0.2, 0.25) is 0 Å². The van der Waals surface area contributed by atoms with Crippen molar-refractivity contribution in [2.24, 2.45) is 11.8 Å². The van der Waals surface area contributed by atoms with E-state index in [1.165, 1.54) is 57.9 Å². The quantitative estimate of drug-likeness (QED) is 0.669. The number of rotatable bonds is 6. The fourth-order valence-corrected chi connectivity index (χ4v) is 3.39. The van der Waals surface area contributed by atoms with Crippen molar-refractivity contribution < 1.29 is 4.74 Å². The molecule has 0 bridgehead atoms. The zero-order valence-electron chi connectivity index (χ0n) is 12.2. The fourth-order valence-electron chi connectivity index (χ4n) is 3.39. The Kier molecular flexibility index (Phi) is 6.50. The third kappa shape index (κ3) is 5.27. The molecule has 2 heteroatoms. The minimum Gasteiger partial charge on any atom is -0.379 e. The summed E-state index contributed by atoms with van der Waals surface area (Å²) in [7, 11) is 0. The molecule has 0 amide bonds. The summed E-state index contributed by atoms with van der Waals surface area (Å²) >= 11 is 0. The summed E-state index contributed by atoms with van der Waals surface area (Å²) in [5, 5.41) is 0. The molecular weight excluding hydrogens is 222 g/mol. The Morgan fingerprint density at radius 1 is 0.944 bits per heavy atom. The molecule has 2 rings (SSSR count). The van der Waals surface area contributed by atoms with Crippen LogP contribution in [0.4, 0.5) is 0 Å². The van der Waals surface area contributed by atoms with E-state index in [1.54, 1.807) is 0 Å². The van der Waals surface area contributed by atoms with E-state index in [0.717, 1.165) is 38.1 Å². The van der Waals surface area contributed by atoms with Gasteiger partial charge >= 0.3 is 0 Å². The number of hydrogen-bond donors (Lipinski definition) is 0. The van der Waals surface area contributed by atoms with Crippen LogP contribution < -0.4 is 0 Å². The number of hydrogen-bond acceptors (Lipinski definition) is 2. The second-order valence-electron chi connectivity index (χ2n) is 6.43. The van der Waals surface area contributed by atoms with E-state index in [0.29, 0.717) is 0 Å². The van der Waals surface area contributed by atoms with E-state index >= 15 is 0 Å². The summed E-state index contributed by atoms with van der Waals surface area (Å²) in [5.74, 6) is 2.06. The van der Waals surface area contributed by atoms with Gasteiger partial charge in [-0.1, -0.05) is 51.9 Å². The van der Waals surface area contributed by atoms with E-state index in [1.807, 2.05) is 0 Å². The first kappa shape index (κ1) is 14.3. The van der Waals surface area contributed by atoms with Crippen molar-refractivity contribution in [2.45, 2.75) is 58.3 Å². The molecule has 106 valence electrons. The highest BCUT2D eigenvalue weighted by Crippen LogP contribution is 2.31. The molecule has 2 aliphatic rings. The highest BCUT2D eigenvalue weighted by atomic mass is 16.5. The molecule has 1 saturated heterocycles. The van der Waals surface area contributed by atoms with Gasteiger partial charge in [-0.05, 0) is 24.8 Å². The van der Waals surface area contributed by atoms with E-state index in [2.05, 4.69) is 11.8 Å². The molecule has 2 fully saturated rings. The summed E-state index contributed by atoms with van der Waals surface area (Å²) in [6, 6.07) is 0. The molecule has 1 aliphatic carbocycles. The molecule has 0 aromatic rings. The molecule has 18 heavy (non-hydrogen) atoms. The molecular formula is C16H31NO. The Balaban J connectivity index is 1.43. The SMILES string of the molecule is CC1CCC(CCCCCN2CCOCC2)CC1. The second kappa shape index (κ2) is 8.16. The van der Waals surface area contributed by atoms with Crippen LogP contribution in [0.3, 0.4) is 0 Å². The van der Waals surface area contributed by atoms with Crippen LogP contribution in [0, 0.1) is 11.8 Å². The van der Waals surface area contributed by atoms with E-state index < -0.39 is 0 Å². The smallest absolute Gasteiger partial charge is 0.0594 e. The zero-order valence-corrected chi connectivity index (χ0v) is 12.2. The summed E-state index contributed by atoms with van der Waals surface area (Å²) in [5.41, 5.74) is 0. The Bertz CT molecular complexity index is 205. The highest BCUT2D eigenvalue weighted by molar-refractivity contribution is 4.70. The van der Waals surface area contributed by atoms with E-state index in [4.69, 9.17) is 4.74 Å². The summed E-state index contributed by atoms with van der Waals surface area (Å²) in [6.45, 7) is 7.91. The monoisotopic (exact) mass is 253 g/mol. The van der Waals surface area contributed by atoms with Gasteiger partial charge in [-0.2, -0.15) is 0 Å². The summed E-state index contributed by atoms with van der Waals surface area (Å²) in [4.78, 5) is 2.56. The molecule has 0 radical (unpaired) electrons. The van der Waals surface area contributed by atoms with Gasteiger partial charge in [0.1, 0.15) is 0 Å². The van der Waals surface area contributed by atoms with Crippen molar-refractivity contribution >= 4 is 0 Å².